The molecule has 5 rings (SSSR count). The van der Waals surface area contributed by atoms with E-state index in [1.165, 1.54) is 64.2 Å². The first-order valence-electron chi connectivity index (χ1n) is 14.2. The number of nitrogens with one attached hydrogen (secondary N) is 2. The van der Waals surface area contributed by atoms with Crippen molar-refractivity contribution in [3.05, 3.63) is 35.4 Å². The highest BCUT2D eigenvalue weighted by atomic mass is 16.2. The number of carbonyl (C=O) groups excluding carboxylic acids is 2. The van der Waals surface area contributed by atoms with Crippen molar-refractivity contribution in [2.45, 2.75) is 95.2 Å². The second-order valence-electron chi connectivity index (χ2n) is 11.8. The van der Waals surface area contributed by atoms with Crippen LogP contribution in [0.1, 0.15) is 88.2 Å². The van der Waals surface area contributed by atoms with Crippen LogP contribution in [0.3, 0.4) is 0 Å². The maximum absolute atomic E-state index is 14.0. The van der Waals surface area contributed by atoms with Crippen molar-refractivity contribution >= 4 is 17.6 Å². The van der Waals surface area contributed by atoms with E-state index in [2.05, 4.69) is 5.32 Å². The molecule has 196 valence electrons. The summed E-state index contributed by atoms with van der Waals surface area (Å²) >= 11 is 0. The van der Waals surface area contributed by atoms with Crippen LogP contribution in [0.15, 0.2) is 24.3 Å². The van der Waals surface area contributed by atoms with Crippen LogP contribution in [-0.4, -0.2) is 40.7 Å². The number of hydrogen-bond acceptors (Lipinski definition) is 4. The summed E-state index contributed by atoms with van der Waals surface area (Å²) in [6.07, 6.45) is 14.0. The van der Waals surface area contributed by atoms with Crippen molar-refractivity contribution in [2.75, 3.05) is 6.54 Å². The van der Waals surface area contributed by atoms with Gasteiger partial charge < -0.3 is 21.7 Å². The average molecular weight is 494 g/mol. The number of nitrogens with zero attached hydrogens (tertiary/aromatic N) is 1. The Morgan fingerprint density at radius 2 is 1.56 bits per heavy atom. The van der Waals surface area contributed by atoms with Crippen LogP contribution in [0.4, 0.5) is 0 Å². The maximum Gasteiger partial charge on any atom is 0.246 e. The Balaban J connectivity index is 1.27. The molecule has 2 amide bonds. The third-order valence-corrected chi connectivity index (χ3v) is 9.72. The molecule has 1 aliphatic heterocycles. The van der Waals surface area contributed by atoms with Gasteiger partial charge in [0.05, 0.1) is 6.04 Å². The normalized spacial score (nSPS) is 27.5. The molecule has 4 aliphatic rings. The van der Waals surface area contributed by atoms with Crippen LogP contribution in [0.25, 0.3) is 0 Å². The molecule has 3 aliphatic carbocycles. The van der Waals surface area contributed by atoms with Gasteiger partial charge in [-0.3, -0.25) is 15.0 Å². The summed E-state index contributed by atoms with van der Waals surface area (Å²) in [5, 5.41) is 10.6. The number of nitrogens with two attached hydrogens (primary N) is 2. The van der Waals surface area contributed by atoms with Gasteiger partial charge >= 0.3 is 0 Å². The third kappa shape index (κ3) is 4.79. The minimum Gasteiger partial charge on any atom is -0.384 e. The number of amidine groups is 1. The van der Waals surface area contributed by atoms with E-state index in [4.69, 9.17) is 16.9 Å². The van der Waals surface area contributed by atoms with E-state index < -0.39 is 11.6 Å². The standard InChI is InChI=1S/C29H43N5O2/c30-25(24(20-7-3-1-4-8-20)21-9-5-2-6-10-21)27(35)34-16-15-23-17-29(23,34)28(36)33-18-19-11-13-22(14-12-19)26(31)32/h11-14,20-21,23-25H,1-10,15-18,30H2,(H3,31,32)(H,33,36)/t23-,25-,29+/m1/s1. The molecule has 0 bridgehead atoms. The number of amides is 2. The molecule has 4 fully saturated rings. The highest BCUT2D eigenvalue weighted by Gasteiger charge is 2.68. The molecular formula is C29H43N5O2. The highest BCUT2D eigenvalue weighted by molar-refractivity contribution is 5.97. The lowest BCUT2D eigenvalue weighted by Crippen LogP contribution is -2.58. The van der Waals surface area contributed by atoms with E-state index in [1.54, 1.807) is 12.1 Å². The summed E-state index contributed by atoms with van der Waals surface area (Å²) in [6.45, 7) is 1.03. The van der Waals surface area contributed by atoms with Gasteiger partial charge in [-0.1, -0.05) is 88.5 Å². The predicted molar refractivity (Wildman–Crippen MR) is 141 cm³/mol. The molecule has 36 heavy (non-hydrogen) atoms. The lowest BCUT2D eigenvalue weighted by Gasteiger charge is -2.42. The Hall–Kier alpha value is -2.41. The molecule has 3 atom stereocenters. The minimum absolute atomic E-state index is 0.0112. The number of rotatable bonds is 8. The van der Waals surface area contributed by atoms with Crippen LogP contribution in [0.2, 0.25) is 0 Å². The summed E-state index contributed by atoms with van der Waals surface area (Å²) in [5.74, 6) is 1.57. The van der Waals surface area contributed by atoms with Gasteiger partial charge in [0.1, 0.15) is 11.4 Å². The van der Waals surface area contributed by atoms with Crippen molar-refractivity contribution in [1.29, 1.82) is 5.41 Å². The maximum atomic E-state index is 14.0. The smallest absolute Gasteiger partial charge is 0.246 e. The zero-order valence-electron chi connectivity index (χ0n) is 21.5. The molecule has 1 aromatic rings. The average Bonchev–Trinajstić information content (AvgIpc) is 3.53. The predicted octanol–water partition coefficient (Wildman–Crippen LogP) is 3.68. The van der Waals surface area contributed by atoms with Gasteiger partial charge in [0.2, 0.25) is 11.8 Å². The van der Waals surface area contributed by atoms with Crippen molar-refractivity contribution in [2.24, 2.45) is 35.1 Å². The molecule has 7 nitrogen and oxygen atoms in total. The van der Waals surface area contributed by atoms with Crippen LogP contribution in [0.5, 0.6) is 0 Å². The molecule has 0 aromatic heterocycles. The topological polar surface area (TPSA) is 125 Å². The Labute approximate surface area is 215 Å². The molecule has 3 saturated carbocycles. The van der Waals surface area contributed by atoms with Crippen LogP contribution in [-0.2, 0) is 16.1 Å². The van der Waals surface area contributed by atoms with Gasteiger partial charge in [0.15, 0.2) is 0 Å². The highest BCUT2D eigenvalue weighted by Crippen LogP contribution is 2.56. The molecule has 0 radical (unpaired) electrons. The van der Waals surface area contributed by atoms with Crippen LogP contribution < -0.4 is 16.8 Å². The minimum atomic E-state index is -0.711. The van der Waals surface area contributed by atoms with Crippen LogP contribution in [0, 0.1) is 29.1 Å². The first-order chi connectivity index (χ1) is 17.4. The molecule has 1 saturated heterocycles. The number of carbonyl (C=O) groups is 2. The zero-order valence-corrected chi connectivity index (χ0v) is 21.5. The Morgan fingerprint density at radius 1 is 0.972 bits per heavy atom. The molecule has 1 aromatic carbocycles. The summed E-state index contributed by atoms with van der Waals surface area (Å²) < 4.78 is 0. The van der Waals surface area contributed by atoms with Gasteiger partial charge in [-0.25, -0.2) is 0 Å². The Kier molecular flexibility index (Phi) is 7.38. The van der Waals surface area contributed by atoms with E-state index in [-0.39, 0.29) is 29.5 Å². The second-order valence-corrected chi connectivity index (χ2v) is 11.8. The summed E-state index contributed by atoms with van der Waals surface area (Å²) in [6, 6.07) is 6.85. The van der Waals surface area contributed by atoms with Crippen molar-refractivity contribution in [3.8, 4) is 0 Å². The molecule has 0 spiro atoms. The lowest BCUT2D eigenvalue weighted by atomic mass is 9.66. The first kappa shape index (κ1) is 25.2. The van der Waals surface area contributed by atoms with Crippen molar-refractivity contribution in [1.82, 2.24) is 10.2 Å². The number of likely N-dealkylation sites (tertiary alicyclic amines) is 1. The zero-order chi connectivity index (χ0) is 25.3. The van der Waals surface area contributed by atoms with Crippen LogP contribution >= 0.6 is 0 Å². The van der Waals surface area contributed by atoms with Gasteiger partial charge in [0, 0.05) is 18.7 Å². The largest absolute Gasteiger partial charge is 0.384 e. The number of piperidine rings is 1. The summed E-state index contributed by atoms with van der Waals surface area (Å²) in [7, 11) is 0. The van der Waals surface area contributed by atoms with E-state index in [1.807, 2.05) is 17.0 Å². The fourth-order valence-corrected chi connectivity index (χ4v) is 7.67. The molecule has 1 heterocycles. The monoisotopic (exact) mass is 493 g/mol. The number of benzene rings is 1. The number of fused-ring (bicyclic) bond motifs is 1. The Morgan fingerprint density at radius 3 is 2.08 bits per heavy atom. The SMILES string of the molecule is N=C(N)c1ccc(CNC(=O)[C@]23C[C@H]2CCN3C(=O)[C@H](N)C(C2CCCCC2)C2CCCCC2)cc1. The van der Waals surface area contributed by atoms with E-state index in [0.29, 0.717) is 30.5 Å². The second kappa shape index (κ2) is 10.5. The summed E-state index contributed by atoms with van der Waals surface area (Å²) in [4.78, 5) is 29.3. The molecule has 0 unspecified atom stereocenters. The van der Waals surface area contributed by atoms with Crippen molar-refractivity contribution < 1.29 is 9.59 Å². The number of hydrogen-bond donors (Lipinski definition) is 4. The fourth-order valence-electron chi connectivity index (χ4n) is 7.67. The summed E-state index contributed by atoms with van der Waals surface area (Å²) in [5.41, 5.74) is 13.3. The molecule has 7 heteroatoms. The lowest BCUT2D eigenvalue weighted by molar-refractivity contribution is -0.144. The van der Waals surface area contributed by atoms with Gasteiger partial charge in [-0.2, -0.15) is 0 Å². The fraction of sp³-hybridized carbons (Fsp3) is 0.690. The first-order valence-corrected chi connectivity index (χ1v) is 14.2. The van der Waals surface area contributed by atoms with Gasteiger partial charge in [0.25, 0.3) is 0 Å². The van der Waals surface area contributed by atoms with E-state index in [0.717, 1.165) is 18.4 Å². The third-order valence-electron chi connectivity index (χ3n) is 9.72. The quantitative estimate of drug-likeness (QED) is 0.326. The van der Waals surface area contributed by atoms with E-state index in [9.17, 15) is 9.59 Å². The molecule has 6 N–H and O–H groups in total. The Bertz CT molecular complexity index is 948. The van der Waals surface area contributed by atoms with Crippen molar-refractivity contribution in [3.63, 3.8) is 0 Å². The number of nitrogen functional groups attached to an aromatic ring is 1. The van der Waals surface area contributed by atoms with E-state index >= 15 is 0 Å². The molecular weight excluding hydrogens is 450 g/mol. The van der Waals surface area contributed by atoms with Gasteiger partial charge in [-0.05, 0) is 42.1 Å². The van der Waals surface area contributed by atoms with Gasteiger partial charge in [-0.15, -0.1) is 0 Å².